The summed E-state index contributed by atoms with van der Waals surface area (Å²) in [6.45, 7) is 4.68. The molecule has 3 aromatic heterocycles. The summed E-state index contributed by atoms with van der Waals surface area (Å²) < 4.78 is 64.9. The van der Waals surface area contributed by atoms with E-state index < -0.39 is 34.4 Å². The monoisotopic (exact) mass is 625 g/mol. The lowest BCUT2D eigenvalue weighted by Gasteiger charge is -2.28. The number of carboxylic acids is 1. The average Bonchev–Trinajstić information content (AvgIpc) is 3.71. The molecule has 228 valence electrons. The summed E-state index contributed by atoms with van der Waals surface area (Å²) in [5, 5.41) is 18.2. The van der Waals surface area contributed by atoms with E-state index in [0.29, 0.717) is 27.8 Å². The van der Waals surface area contributed by atoms with Crippen molar-refractivity contribution in [2.24, 2.45) is 5.41 Å². The number of carbonyl (C=O) groups is 1. The number of benzene rings is 2. The van der Waals surface area contributed by atoms with Crippen LogP contribution in [0.25, 0.3) is 22.3 Å². The Bertz CT molecular complexity index is 1890. The van der Waals surface area contributed by atoms with Crippen molar-refractivity contribution >= 4 is 28.3 Å². The average molecular weight is 626 g/mol. The molecule has 14 heteroatoms. The first-order chi connectivity index (χ1) is 21.1. The van der Waals surface area contributed by atoms with Gasteiger partial charge in [0.05, 0.1) is 48.7 Å². The topological polar surface area (TPSA) is 121 Å². The van der Waals surface area contributed by atoms with Gasteiger partial charge in [-0.05, 0) is 30.3 Å². The maximum absolute atomic E-state index is 15.6. The highest BCUT2D eigenvalue weighted by molar-refractivity contribution is 7.13. The first-order valence-electron chi connectivity index (χ1n) is 13.5. The molecule has 1 saturated heterocycles. The molecule has 1 aliphatic rings. The molecule has 0 spiro atoms. The number of carboxylic acid groups (broad SMARTS) is 1. The lowest BCUT2D eigenvalue weighted by molar-refractivity contribution is 0.0697. The second kappa shape index (κ2) is 11.5. The van der Waals surface area contributed by atoms with Gasteiger partial charge in [0.25, 0.3) is 5.19 Å². The molecule has 10 nitrogen and oxygen atoms in total. The number of pyridine rings is 1. The molecule has 1 fully saturated rings. The molecular formula is C30H26F3N5O5S. The van der Waals surface area contributed by atoms with Crippen molar-refractivity contribution in [3.05, 3.63) is 81.9 Å². The van der Waals surface area contributed by atoms with Gasteiger partial charge < -0.3 is 23.9 Å². The molecule has 0 amide bonds. The molecule has 1 atom stereocenters. The Kier molecular flexibility index (Phi) is 7.72. The van der Waals surface area contributed by atoms with Crippen molar-refractivity contribution in [3.63, 3.8) is 0 Å². The lowest BCUT2D eigenvalue weighted by atomic mass is 9.87. The first-order valence-corrected chi connectivity index (χ1v) is 14.3. The maximum atomic E-state index is 15.6. The van der Waals surface area contributed by atoms with Crippen LogP contribution in [0.15, 0.2) is 42.5 Å². The van der Waals surface area contributed by atoms with Crippen LogP contribution in [0.2, 0.25) is 0 Å². The smallest absolute Gasteiger partial charge is 0.335 e. The van der Waals surface area contributed by atoms with Gasteiger partial charge in [-0.1, -0.05) is 36.3 Å². The zero-order chi connectivity index (χ0) is 31.2. The molecule has 6 rings (SSSR count). The third kappa shape index (κ3) is 5.46. The highest BCUT2D eigenvalue weighted by Crippen LogP contribution is 2.41. The second-order valence-corrected chi connectivity index (χ2v) is 12.0. The number of methoxy groups -OCH3 is 1. The minimum Gasteiger partial charge on any atom is -0.478 e. The van der Waals surface area contributed by atoms with Gasteiger partial charge in [0.1, 0.15) is 18.2 Å². The fourth-order valence-corrected chi connectivity index (χ4v) is 5.79. The zero-order valence-corrected chi connectivity index (χ0v) is 24.6. The number of fused-ring (bicyclic) bond motifs is 1. The van der Waals surface area contributed by atoms with Crippen LogP contribution in [0.1, 0.15) is 46.6 Å². The third-order valence-corrected chi connectivity index (χ3v) is 8.39. The molecule has 4 heterocycles. The number of halogens is 3. The molecule has 1 unspecified atom stereocenters. The molecule has 2 aromatic carbocycles. The van der Waals surface area contributed by atoms with Crippen LogP contribution >= 0.6 is 11.3 Å². The summed E-state index contributed by atoms with van der Waals surface area (Å²) in [7, 11) is 1.46. The Hall–Kier alpha value is -4.56. The number of nitrogens with zero attached hydrogens (tertiary/aromatic N) is 5. The van der Waals surface area contributed by atoms with E-state index in [2.05, 4.69) is 20.2 Å². The summed E-state index contributed by atoms with van der Waals surface area (Å²) >= 11 is 1.18. The Labute approximate surface area is 253 Å². The molecule has 1 N–H and O–H groups in total. The lowest BCUT2D eigenvalue weighted by Crippen LogP contribution is -2.27. The third-order valence-electron chi connectivity index (χ3n) is 7.53. The highest BCUT2D eigenvalue weighted by atomic mass is 32.1. The predicted octanol–water partition coefficient (Wildman–Crippen LogP) is 5.84. The van der Waals surface area contributed by atoms with E-state index in [1.807, 2.05) is 13.8 Å². The van der Waals surface area contributed by atoms with E-state index in [0.717, 1.165) is 6.07 Å². The Morgan fingerprint density at radius 2 is 1.95 bits per heavy atom. The van der Waals surface area contributed by atoms with Crippen LogP contribution < -0.4 is 9.47 Å². The summed E-state index contributed by atoms with van der Waals surface area (Å²) in [6, 6.07) is 9.48. The standard InChI is InChI=1S/C30H26F3N5O5S/c1-30(2)14-42-12-22(30)38-21-9-15(28(39)40)7-8-20(21)34-23(38)11-16-18(31)10-17(27(33)26(16)32)19-5-4-6-24(35-19)43-13-25-36-37-29(41-3)44-25/h4-10,22H,11-14H2,1-3H3,(H,39,40). The summed E-state index contributed by atoms with van der Waals surface area (Å²) in [5.74, 6) is -4.42. The molecule has 0 bridgehead atoms. The van der Waals surface area contributed by atoms with Gasteiger partial charge in [-0.2, -0.15) is 0 Å². The van der Waals surface area contributed by atoms with Crippen molar-refractivity contribution in [3.8, 4) is 22.3 Å². The number of imidazole rings is 1. The predicted molar refractivity (Wildman–Crippen MR) is 153 cm³/mol. The summed E-state index contributed by atoms with van der Waals surface area (Å²) in [6.07, 6.45) is -0.388. The van der Waals surface area contributed by atoms with E-state index in [4.69, 9.17) is 14.2 Å². The number of rotatable bonds is 9. The molecule has 0 saturated carbocycles. The fraction of sp³-hybridized carbons (Fsp3) is 0.300. The fourth-order valence-electron chi connectivity index (χ4n) is 5.23. The van der Waals surface area contributed by atoms with E-state index >= 15 is 13.2 Å². The van der Waals surface area contributed by atoms with E-state index in [1.165, 1.54) is 48.8 Å². The maximum Gasteiger partial charge on any atom is 0.335 e. The second-order valence-electron chi connectivity index (χ2n) is 10.9. The Morgan fingerprint density at radius 3 is 2.66 bits per heavy atom. The van der Waals surface area contributed by atoms with Gasteiger partial charge in [-0.25, -0.2) is 27.9 Å². The van der Waals surface area contributed by atoms with E-state index in [9.17, 15) is 9.90 Å². The largest absolute Gasteiger partial charge is 0.478 e. The van der Waals surface area contributed by atoms with Crippen molar-refractivity contribution < 1.29 is 37.3 Å². The van der Waals surface area contributed by atoms with Crippen molar-refractivity contribution in [1.82, 2.24) is 24.7 Å². The number of aromatic nitrogens is 5. The first kappa shape index (κ1) is 29.5. The zero-order valence-electron chi connectivity index (χ0n) is 23.8. The van der Waals surface area contributed by atoms with Crippen LogP contribution in [0.4, 0.5) is 13.2 Å². The quantitative estimate of drug-likeness (QED) is 0.201. The number of hydrogen-bond acceptors (Lipinski definition) is 9. The molecule has 0 aliphatic carbocycles. The minimum atomic E-state index is -1.37. The number of hydrogen-bond donors (Lipinski definition) is 1. The summed E-state index contributed by atoms with van der Waals surface area (Å²) in [4.78, 5) is 20.5. The van der Waals surface area contributed by atoms with Crippen molar-refractivity contribution in [2.45, 2.75) is 32.9 Å². The van der Waals surface area contributed by atoms with Crippen molar-refractivity contribution in [2.75, 3.05) is 20.3 Å². The van der Waals surface area contributed by atoms with Gasteiger partial charge >= 0.3 is 5.97 Å². The molecular weight excluding hydrogens is 599 g/mol. The van der Waals surface area contributed by atoms with Gasteiger partial charge in [-0.15, -0.1) is 5.10 Å². The van der Waals surface area contributed by atoms with Crippen LogP contribution in [0.3, 0.4) is 0 Å². The van der Waals surface area contributed by atoms with Crippen LogP contribution in [0, 0.1) is 22.9 Å². The van der Waals surface area contributed by atoms with Crippen LogP contribution in [-0.2, 0) is 17.8 Å². The van der Waals surface area contributed by atoms with Gasteiger partial charge in [-0.3, -0.25) is 0 Å². The molecule has 44 heavy (non-hydrogen) atoms. The molecule has 0 radical (unpaired) electrons. The Morgan fingerprint density at radius 1 is 1.14 bits per heavy atom. The van der Waals surface area contributed by atoms with E-state index in [-0.39, 0.29) is 54.2 Å². The SMILES string of the molecule is COc1nnc(COc2cccc(-c3cc(F)c(Cc4nc5ccc(C(=O)O)cc5n4C4COCC4(C)C)c(F)c3F)n2)s1. The minimum absolute atomic E-state index is 0.0133. The van der Waals surface area contributed by atoms with Gasteiger partial charge in [0.2, 0.25) is 5.88 Å². The molecule has 1 aliphatic heterocycles. The highest BCUT2D eigenvalue weighted by Gasteiger charge is 2.39. The number of aromatic carboxylic acids is 1. The summed E-state index contributed by atoms with van der Waals surface area (Å²) in [5.41, 5.74) is -0.358. The van der Waals surface area contributed by atoms with Crippen LogP contribution in [0.5, 0.6) is 11.1 Å². The number of ether oxygens (including phenoxy) is 3. The van der Waals surface area contributed by atoms with Gasteiger partial charge in [0, 0.05) is 29.0 Å². The van der Waals surface area contributed by atoms with Crippen molar-refractivity contribution in [1.29, 1.82) is 0 Å². The normalized spacial score (nSPS) is 16.0. The van der Waals surface area contributed by atoms with E-state index in [1.54, 1.807) is 10.6 Å². The molecule has 5 aromatic rings. The van der Waals surface area contributed by atoms with Gasteiger partial charge in [0.15, 0.2) is 16.6 Å². The Balaban J connectivity index is 1.35. The van der Waals surface area contributed by atoms with Crippen LogP contribution in [-0.4, -0.2) is 56.1 Å².